The van der Waals surface area contributed by atoms with Gasteiger partial charge in [-0.2, -0.15) is 0 Å². The summed E-state index contributed by atoms with van der Waals surface area (Å²) in [5, 5.41) is 10.7. The van der Waals surface area contributed by atoms with Gasteiger partial charge >= 0.3 is 0 Å². The molecule has 4 N–H and O–H groups in total. The molecule has 0 radical (unpaired) electrons. The molecule has 1 amide bonds. The van der Waals surface area contributed by atoms with E-state index in [-0.39, 0.29) is 0 Å². The van der Waals surface area contributed by atoms with E-state index in [0.29, 0.717) is 6.42 Å². The predicted molar refractivity (Wildman–Crippen MR) is 65.6 cm³/mol. The fourth-order valence-electron chi connectivity index (χ4n) is 1.80. The van der Waals surface area contributed by atoms with Crippen molar-refractivity contribution in [2.75, 3.05) is 0 Å². The van der Waals surface area contributed by atoms with Crippen LogP contribution in [0.2, 0.25) is 0 Å². The molecule has 0 bridgehead atoms. The van der Waals surface area contributed by atoms with E-state index < -0.39 is 11.9 Å². The molecule has 2 aromatic carbocycles. The average molecular weight is 230 g/mol. The minimum absolute atomic E-state index is 0.400. The Balaban J connectivity index is 2.22. The highest BCUT2D eigenvalue weighted by Gasteiger charge is 2.12. The number of hydroxylamine groups is 1. The van der Waals surface area contributed by atoms with Crippen LogP contribution >= 0.6 is 0 Å². The quantitative estimate of drug-likeness (QED) is 0.548. The lowest BCUT2D eigenvalue weighted by atomic mass is 10.0. The summed E-state index contributed by atoms with van der Waals surface area (Å²) < 4.78 is 0. The Morgan fingerprint density at radius 2 is 1.94 bits per heavy atom. The first-order valence-electron chi connectivity index (χ1n) is 5.38. The molecule has 0 saturated heterocycles. The first-order chi connectivity index (χ1) is 8.20. The minimum Gasteiger partial charge on any atom is -0.320 e. The zero-order valence-electron chi connectivity index (χ0n) is 9.26. The third-order valence-corrected chi connectivity index (χ3v) is 2.72. The van der Waals surface area contributed by atoms with Crippen LogP contribution in [0.3, 0.4) is 0 Å². The first-order valence-corrected chi connectivity index (χ1v) is 5.38. The molecule has 88 valence electrons. The molecule has 1 unspecified atom stereocenters. The maximum absolute atomic E-state index is 11.1. The van der Waals surface area contributed by atoms with Crippen molar-refractivity contribution in [2.24, 2.45) is 5.73 Å². The van der Waals surface area contributed by atoms with Gasteiger partial charge in [-0.1, -0.05) is 42.5 Å². The van der Waals surface area contributed by atoms with Crippen LogP contribution in [-0.4, -0.2) is 17.2 Å². The summed E-state index contributed by atoms with van der Waals surface area (Å²) in [6.45, 7) is 0. The molecule has 2 rings (SSSR count). The number of benzene rings is 2. The maximum atomic E-state index is 11.1. The number of nitrogens with one attached hydrogen (secondary N) is 1. The highest BCUT2D eigenvalue weighted by molar-refractivity contribution is 5.84. The Labute approximate surface area is 99.0 Å². The zero-order chi connectivity index (χ0) is 12.3. The van der Waals surface area contributed by atoms with Crippen molar-refractivity contribution < 1.29 is 10.0 Å². The largest absolute Gasteiger partial charge is 0.320 e. The van der Waals surface area contributed by atoms with Crippen LogP contribution in [-0.2, 0) is 11.2 Å². The van der Waals surface area contributed by atoms with E-state index in [1.165, 1.54) is 0 Å². The second-order valence-corrected chi connectivity index (χ2v) is 3.97. The SMILES string of the molecule is NC(Cc1ccc2ccccc2c1)C(=O)NO. The average Bonchev–Trinajstić information content (AvgIpc) is 2.37. The van der Waals surface area contributed by atoms with Gasteiger partial charge in [0, 0.05) is 0 Å². The van der Waals surface area contributed by atoms with Crippen molar-refractivity contribution in [3.8, 4) is 0 Å². The van der Waals surface area contributed by atoms with Gasteiger partial charge in [0.05, 0.1) is 6.04 Å². The molecule has 0 heterocycles. The van der Waals surface area contributed by atoms with Crippen molar-refractivity contribution in [1.82, 2.24) is 5.48 Å². The third kappa shape index (κ3) is 2.61. The van der Waals surface area contributed by atoms with Gasteiger partial charge in [-0.05, 0) is 22.8 Å². The second kappa shape index (κ2) is 4.95. The molecule has 0 fully saturated rings. The molecule has 0 aromatic heterocycles. The van der Waals surface area contributed by atoms with Gasteiger partial charge in [0.15, 0.2) is 0 Å². The monoisotopic (exact) mass is 230 g/mol. The van der Waals surface area contributed by atoms with E-state index in [9.17, 15) is 4.79 Å². The number of rotatable bonds is 3. The summed E-state index contributed by atoms with van der Waals surface area (Å²) in [5.74, 6) is -0.571. The molecular weight excluding hydrogens is 216 g/mol. The Bertz CT molecular complexity index is 540. The van der Waals surface area contributed by atoms with Crippen LogP contribution < -0.4 is 11.2 Å². The molecule has 2 aromatic rings. The van der Waals surface area contributed by atoms with E-state index >= 15 is 0 Å². The number of amides is 1. The van der Waals surface area contributed by atoms with Crippen molar-refractivity contribution in [3.05, 3.63) is 48.0 Å². The van der Waals surface area contributed by atoms with Crippen molar-refractivity contribution in [3.63, 3.8) is 0 Å². The Morgan fingerprint density at radius 3 is 2.65 bits per heavy atom. The van der Waals surface area contributed by atoms with E-state index in [2.05, 4.69) is 0 Å². The molecule has 0 aliphatic heterocycles. The number of hydrogen-bond acceptors (Lipinski definition) is 3. The topological polar surface area (TPSA) is 75.4 Å². The second-order valence-electron chi connectivity index (χ2n) is 3.97. The predicted octanol–water partition coefficient (Wildman–Crippen LogP) is 1.21. The van der Waals surface area contributed by atoms with E-state index in [1.807, 2.05) is 42.5 Å². The fraction of sp³-hybridized carbons (Fsp3) is 0.154. The summed E-state index contributed by atoms with van der Waals surface area (Å²) in [6.07, 6.45) is 0.400. The van der Waals surface area contributed by atoms with Crippen LogP contribution in [0.25, 0.3) is 10.8 Å². The van der Waals surface area contributed by atoms with Gasteiger partial charge in [0.25, 0.3) is 5.91 Å². The summed E-state index contributed by atoms with van der Waals surface area (Å²) in [5.41, 5.74) is 8.16. The zero-order valence-corrected chi connectivity index (χ0v) is 9.26. The molecule has 0 aliphatic carbocycles. The normalized spacial score (nSPS) is 12.4. The molecule has 0 saturated carbocycles. The van der Waals surface area contributed by atoms with Crippen molar-refractivity contribution >= 4 is 16.7 Å². The molecule has 0 aliphatic rings. The first kappa shape index (κ1) is 11.6. The van der Waals surface area contributed by atoms with Crippen LogP contribution in [0, 0.1) is 0 Å². The molecule has 0 spiro atoms. The molecular formula is C13H14N2O2. The van der Waals surface area contributed by atoms with Crippen LogP contribution in [0.5, 0.6) is 0 Å². The summed E-state index contributed by atoms with van der Waals surface area (Å²) in [7, 11) is 0. The Kier molecular flexibility index (Phi) is 3.37. The number of hydrogen-bond donors (Lipinski definition) is 3. The standard InChI is InChI=1S/C13H14N2O2/c14-12(13(16)15-17)8-9-5-6-10-3-1-2-4-11(10)7-9/h1-7,12,17H,8,14H2,(H,15,16). The van der Waals surface area contributed by atoms with Crippen LogP contribution in [0.15, 0.2) is 42.5 Å². The number of fused-ring (bicyclic) bond motifs is 1. The lowest BCUT2D eigenvalue weighted by Crippen LogP contribution is -2.40. The molecule has 17 heavy (non-hydrogen) atoms. The fourth-order valence-corrected chi connectivity index (χ4v) is 1.80. The highest BCUT2D eigenvalue weighted by Crippen LogP contribution is 2.16. The van der Waals surface area contributed by atoms with E-state index in [0.717, 1.165) is 16.3 Å². The van der Waals surface area contributed by atoms with Gasteiger partial charge in [-0.15, -0.1) is 0 Å². The van der Waals surface area contributed by atoms with Gasteiger partial charge in [-0.25, -0.2) is 5.48 Å². The Hall–Kier alpha value is -1.91. The van der Waals surface area contributed by atoms with E-state index in [1.54, 1.807) is 5.48 Å². The van der Waals surface area contributed by atoms with Gasteiger partial charge in [-0.3, -0.25) is 10.0 Å². The number of carbonyl (C=O) groups excluding carboxylic acids is 1. The lowest BCUT2D eigenvalue weighted by Gasteiger charge is -2.09. The smallest absolute Gasteiger partial charge is 0.260 e. The molecule has 4 heteroatoms. The molecule has 1 atom stereocenters. The van der Waals surface area contributed by atoms with Crippen LogP contribution in [0.4, 0.5) is 0 Å². The summed E-state index contributed by atoms with van der Waals surface area (Å²) in [6, 6.07) is 13.2. The summed E-state index contributed by atoms with van der Waals surface area (Å²) >= 11 is 0. The van der Waals surface area contributed by atoms with Gasteiger partial charge in [0.2, 0.25) is 0 Å². The van der Waals surface area contributed by atoms with Crippen molar-refractivity contribution in [2.45, 2.75) is 12.5 Å². The van der Waals surface area contributed by atoms with Crippen LogP contribution in [0.1, 0.15) is 5.56 Å². The molecule has 4 nitrogen and oxygen atoms in total. The number of nitrogens with two attached hydrogens (primary N) is 1. The highest BCUT2D eigenvalue weighted by atomic mass is 16.5. The third-order valence-electron chi connectivity index (χ3n) is 2.72. The Morgan fingerprint density at radius 1 is 1.24 bits per heavy atom. The lowest BCUT2D eigenvalue weighted by molar-refractivity contribution is -0.130. The van der Waals surface area contributed by atoms with Crippen molar-refractivity contribution in [1.29, 1.82) is 0 Å². The van der Waals surface area contributed by atoms with Gasteiger partial charge in [0.1, 0.15) is 0 Å². The minimum atomic E-state index is -0.735. The number of carbonyl (C=O) groups is 1. The van der Waals surface area contributed by atoms with Gasteiger partial charge < -0.3 is 5.73 Å². The summed E-state index contributed by atoms with van der Waals surface area (Å²) in [4.78, 5) is 11.1. The maximum Gasteiger partial charge on any atom is 0.260 e. The van der Waals surface area contributed by atoms with E-state index in [4.69, 9.17) is 10.9 Å².